The molecule has 2 aliphatic rings. The van der Waals surface area contributed by atoms with Gasteiger partial charge >= 0.3 is 0 Å². The van der Waals surface area contributed by atoms with Gasteiger partial charge in [-0.05, 0) is 87.3 Å². The van der Waals surface area contributed by atoms with Crippen LogP contribution in [0.2, 0.25) is 0 Å². The fraction of sp³-hybridized carbons (Fsp3) is 0.591. The van der Waals surface area contributed by atoms with Crippen molar-refractivity contribution in [3.8, 4) is 5.75 Å². The van der Waals surface area contributed by atoms with Gasteiger partial charge in [0.25, 0.3) is 0 Å². The highest BCUT2D eigenvalue weighted by Gasteiger charge is 2.22. The second-order valence-corrected chi connectivity index (χ2v) is 7.96. The molecule has 4 rings (SSSR count). The minimum Gasteiger partial charge on any atom is -0.494 e. The molecular weight excluding hydrogens is 336 g/mol. The zero-order valence-corrected chi connectivity index (χ0v) is 16.3. The number of fused-ring (bicyclic) bond motifs is 1. The first kappa shape index (κ1) is 18.5. The summed E-state index contributed by atoms with van der Waals surface area (Å²) in [7, 11) is 0. The number of aromatic nitrogens is 2. The molecule has 0 saturated carbocycles. The van der Waals surface area contributed by atoms with Gasteiger partial charge in [0.2, 0.25) is 0 Å². The lowest BCUT2D eigenvalue weighted by molar-refractivity contribution is 0.261. The Labute approximate surface area is 162 Å². The summed E-state index contributed by atoms with van der Waals surface area (Å²) in [6.45, 7) is 6.39. The molecular formula is C22H32N4O. The number of ether oxygens (including phenoxy) is 1. The molecule has 1 saturated heterocycles. The highest BCUT2D eigenvalue weighted by Crippen LogP contribution is 2.29. The standard InChI is InChI=1S/C22H32N4O/c1-2-12-26(11-1)17-18-4-5-20-15-21(7-6-19(20)14-18)27-13-3-8-23-16-22-24-9-10-25-22/h6-7,9-10,15,18,23H,1-5,8,11-14,16-17H2,(H,24,25). The monoisotopic (exact) mass is 368 g/mol. The van der Waals surface area contributed by atoms with E-state index in [0.717, 1.165) is 43.6 Å². The van der Waals surface area contributed by atoms with E-state index >= 15 is 0 Å². The molecule has 5 heteroatoms. The van der Waals surface area contributed by atoms with Crippen molar-refractivity contribution in [2.24, 2.45) is 5.92 Å². The van der Waals surface area contributed by atoms with Gasteiger partial charge in [0.1, 0.15) is 11.6 Å². The van der Waals surface area contributed by atoms with Crippen LogP contribution in [0.1, 0.15) is 42.6 Å². The van der Waals surface area contributed by atoms with E-state index < -0.39 is 0 Å². The number of likely N-dealkylation sites (tertiary alicyclic amines) is 1. The Morgan fingerprint density at radius 3 is 3.00 bits per heavy atom. The van der Waals surface area contributed by atoms with Crippen LogP contribution in [0.3, 0.4) is 0 Å². The molecule has 2 N–H and O–H groups in total. The third-order valence-electron chi connectivity index (χ3n) is 5.84. The van der Waals surface area contributed by atoms with E-state index in [4.69, 9.17) is 4.74 Å². The SMILES string of the molecule is c1c[nH]c(CNCCCOc2ccc3c(c2)CCC(CN2CCCC2)C3)n1. The van der Waals surface area contributed by atoms with E-state index in [1.807, 2.05) is 6.20 Å². The molecule has 0 amide bonds. The van der Waals surface area contributed by atoms with E-state index in [1.165, 1.54) is 62.9 Å². The van der Waals surface area contributed by atoms with Crippen molar-refractivity contribution >= 4 is 0 Å². The maximum absolute atomic E-state index is 5.97. The minimum atomic E-state index is 0.752. The van der Waals surface area contributed by atoms with Crippen LogP contribution in [0.5, 0.6) is 5.75 Å². The Morgan fingerprint density at radius 2 is 2.15 bits per heavy atom. The molecule has 1 aromatic carbocycles. The fourth-order valence-corrected chi connectivity index (χ4v) is 4.37. The van der Waals surface area contributed by atoms with Crippen LogP contribution in [0.15, 0.2) is 30.6 Å². The lowest BCUT2D eigenvalue weighted by Gasteiger charge is -2.28. The van der Waals surface area contributed by atoms with Gasteiger partial charge in [-0.1, -0.05) is 6.07 Å². The minimum absolute atomic E-state index is 0.752. The van der Waals surface area contributed by atoms with E-state index in [-0.39, 0.29) is 0 Å². The number of aryl methyl sites for hydroxylation is 1. The third kappa shape index (κ3) is 5.33. The zero-order chi connectivity index (χ0) is 18.3. The molecule has 2 aromatic rings. The second-order valence-electron chi connectivity index (χ2n) is 7.96. The Bertz CT molecular complexity index is 694. The predicted octanol–water partition coefficient (Wildman–Crippen LogP) is 3.17. The molecule has 146 valence electrons. The molecule has 1 aliphatic carbocycles. The molecule has 27 heavy (non-hydrogen) atoms. The smallest absolute Gasteiger partial charge is 0.120 e. The van der Waals surface area contributed by atoms with Gasteiger partial charge in [0, 0.05) is 18.9 Å². The molecule has 1 aromatic heterocycles. The number of nitrogens with zero attached hydrogens (tertiary/aromatic N) is 2. The largest absolute Gasteiger partial charge is 0.494 e. The highest BCUT2D eigenvalue weighted by molar-refractivity contribution is 5.37. The number of rotatable bonds is 9. The van der Waals surface area contributed by atoms with E-state index in [1.54, 1.807) is 6.20 Å². The van der Waals surface area contributed by atoms with Gasteiger partial charge in [-0.2, -0.15) is 0 Å². The molecule has 0 radical (unpaired) electrons. The van der Waals surface area contributed by atoms with Crippen LogP contribution in [0, 0.1) is 5.92 Å². The molecule has 0 spiro atoms. The summed E-state index contributed by atoms with van der Waals surface area (Å²) in [5.74, 6) is 2.84. The van der Waals surface area contributed by atoms with Crippen molar-refractivity contribution in [1.82, 2.24) is 20.2 Å². The number of hydrogen-bond acceptors (Lipinski definition) is 4. The predicted molar refractivity (Wildman–Crippen MR) is 108 cm³/mol. The molecule has 1 unspecified atom stereocenters. The van der Waals surface area contributed by atoms with Crippen molar-refractivity contribution in [2.75, 3.05) is 32.8 Å². The van der Waals surface area contributed by atoms with Crippen LogP contribution in [-0.2, 0) is 19.4 Å². The Balaban J connectivity index is 1.17. The van der Waals surface area contributed by atoms with E-state index in [2.05, 4.69) is 38.4 Å². The number of H-pyrrole nitrogens is 1. The summed E-state index contributed by atoms with van der Waals surface area (Å²) >= 11 is 0. The van der Waals surface area contributed by atoms with Gasteiger partial charge in [-0.25, -0.2) is 4.98 Å². The quantitative estimate of drug-likeness (QED) is 0.668. The van der Waals surface area contributed by atoms with Crippen LogP contribution in [-0.4, -0.2) is 47.7 Å². The Morgan fingerprint density at radius 1 is 1.22 bits per heavy atom. The van der Waals surface area contributed by atoms with Crippen molar-refractivity contribution in [3.05, 3.63) is 47.5 Å². The normalized spacial score (nSPS) is 19.9. The van der Waals surface area contributed by atoms with Crippen LogP contribution < -0.4 is 10.1 Å². The van der Waals surface area contributed by atoms with Gasteiger partial charge in [-0.3, -0.25) is 0 Å². The summed E-state index contributed by atoms with van der Waals surface area (Å²) in [4.78, 5) is 9.96. The van der Waals surface area contributed by atoms with Crippen molar-refractivity contribution in [1.29, 1.82) is 0 Å². The number of imidazole rings is 1. The maximum atomic E-state index is 5.97. The van der Waals surface area contributed by atoms with Crippen molar-refractivity contribution in [2.45, 2.75) is 45.1 Å². The lowest BCUT2D eigenvalue weighted by Crippen LogP contribution is -2.30. The summed E-state index contributed by atoms with van der Waals surface area (Å²) in [5.41, 5.74) is 3.04. The Hall–Kier alpha value is -1.85. The molecule has 2 heterocycles. The second kappa shape index (κ2) is 9.38. The summed E-state index contributed by atoms with van der Waals surface area (Å²) in [6.07, 6.45) is 11.2. The molecule has 5 nitrogen and oxygen atoms in total. The average molecular weight is 369 g/mol. The van der Waals surface area contributed by atoms with Gasteiger partial charge < -0.3 is 19.9 Å². The van der Waals surface area contributed by atoms with Crippen LogP contribution in [0.4, 0.5) is 0 Å². The van der Waals surface area contributed by atoms with Crippen LogP contribution >= 0.6 is 0 Å². The van der Waals surface area contributed by atoms with Gasteiger partial charge in [0.05, 0.1) is 13.2 Å². The zero-order valence-electron chi connectivity index (χ0n) is 16.3. The number of aromatic amines is 1. The molecule has 0 bridgehead atoms. The van der Waals surface area contributed by atoms with Gasteiger partial charge in [-0.15, -0.1) is 0 Å². The summed E-state index contributed by atoms with van der Waals surface area (Å²) < 4.78 is 5.97. The van der Waals surface area contributed by atoms with Crippen LogP contribution in [0.25, 0.3) is 0 Å². The topological polar surface area (TPSA) is 53.2 Å². The summed E-state index contributed by atoms with van der Waals surface area (Å²) in [6, 6.07) is 6.74. The average Bonchev–Trinajstić information content (AvgIpc) is 3.38. The third-order valence-corrected chi connectivity index (χ3v) is 5.84. The fourth-order valence-electron chi connectivity index (χ4n) is 4.37. The number of benzene rings is 1. The first-order valence-corrected chi connectivity index (χ1v) is 10.5. The number of nitrogens with one attached hydrogen (secondary N) is 2. The van der Waals surface area contributed by atoms with E-state index in [9.17, 15) is 0 Å². The van der Waals surface area contributed by atoms with Crippen molar-refractivity contribution in [3.63, 3.8) is 0 Å². The van der Waals surface area contributed by atoms with E-state index in [0.29, 0.717) is 0 Å². The summed E-state index contributed by atoms with van der Waals surface area (Å²) in [5, 5.41) is 3.38. The maximum Gasteiger partial charge on any atom is 0.120 e. The highest BCUT2D eigenvalue weighted by atomic mass is 16.5. The molecule has 1 atom stereocenters. The van der Waals surface area contributed by atoms with Gasteiger partial charge in [0.15, 0.2) is 0 Å². The van der Waals surface area contributed by atoms with Crippen molar-refractivity contribution < 1.29 is 4.74 Å². The Kier molecular flexibility index (Phi) is 6.43. The molecule has 1 aliphatic heterocycles. The first-order valence-electron chi connectivity index (χ1n) is 10.5. The molecule has 1 fully saturated rings. The lowest BCUT2D eigenvalue weighted by atomic mass is 9.83. The first-order chi connectivity index (χ1) is 13.4. The number of hydrogen-bond donors (Lipinski definition) is 2.